The second kappa shape index (κ2) is 10.1. The third kappa shape index (κ3) is 4.79. The number of ether oxygens (including phenoxy) is 1. The van der Waals surface area contributed by atoms with Crippen molar-refractivity contribution in [3.8, 4) is 0 Å². The zero-order chi connectivity index (χ0) is 23.4. The third-order valence-electron chi connectivity index (χ3n) is 6.72. The van der Waals surface area contributed by atoms with Crippen molar-refractivity contribution in [1.29, 1.82) is 0 Å². The van der Waals surface area contributed by atoms with Crippen molar-refractivity contribution in [2.45, 2.75) is 37.5 Å². The van der Waals surface area contributed by atoms with Crippen LogP contribution >= 0.6 is 11.8 Å². The normalized spacial score (nSPS) is 24.1. The monoisotopic (exact) mass is 474 g/mol. The number of rotatable bonds is 5. The van der Waals surface area contributed by atoms with E-state index in [1.54, 1.807) is 18.2 Å². The van der Waals surface area contributed by atoms with Gasteiger partial charge in [0.15, 0.2) is 5.17 Å². The molecule has 1 amide bonds. The lowest BCUT2D eigenvalue weighted by molar-refractivity contribution is -0.0169. The first-order valence-electron chi connectivity index (χ1n) is 11.6. The molecule has 0 aromatic heterocycles. The highest BCUT2D eigenvalue weighted by atomic mass is 32.2. The Morgan fingerprint density at radius 2 is 1.74 bits per heavy atom. The average Bonchev–Trinajstić information content (AvgIpc) is 2.88. The summed E-state index contributed by atoms with van der Waals surface area (Å²) in [5, 5.41) is 3.51. The van der Waals surface area contributed by atoms with Crippen LogP contribution in [0.25, 0.3) is 0 Å². The largest absolute Gasteiger partial charge is 0.374 e. The van der Waals surface area contributed by atoms with Gasteiger partial charge in [-0.2, -0.15) is 0 Å². The molecule has 0 spiro atoms. The number of hydrogen-bond donors (Lipinski definition) is 1. The van der Waals surface area contributed by atoms with Gasteiger partial charge >= 0.3 is 0 Å². The smallest absolute Gasteiger partial charge is 0.257 e. The van der Waals surface area contributed by atoms with Crippen molar-refractivity contribution in [1.82, 2.24) is 5.32 Å². The van der Waals surface area contributed by atoms with Gasteiger partial charge in [-0.25, -0.2) is 4.39 Å². The lowest BCUT2D eigenvalue weighted by Gasteiger charge is -2.46. The van der Waals surface area contributed by atoms with E-state index in [2.05, 4.69) is 17.4 Å². The third-order valence-corrected chi connectivity index (χ3v) is 7.75. The maximum atomic E-state index is 15.1. The molecule has 3 unspecified atom stereocenters. The maximum absolute atomic E-state index is 15.1. The lowest BCUT2D eigenvalue weighted by atomic mass is 9.68. The minimum atomic E-state index is -0.706. The van der Waals surface area contributed by atoms with Crippen LogP contribution in [0.4, 0.5) is 4.39 Å². The molecule has 0 bridgehead atoms. The van der Waals surface area contributed by atoms with Gasteiger partial charge in [0, 0.05) is 22.8 Å². The molecule has 4 nitrogen and oxygen atoms in total. The number of hydrogen-bond acceptors (Lipinski definition) is 4. The molecule has 3 aromatic rings. The molecule has 1 aliphatic heterocycles. The topological polar surface area (TPSA) is 50.7 Å². The summed E-state index contributed by atoms with van der Waals surface area (Å²) in [5.41, 5.74) is 1.62. The standard InChI is InChI=1S/C28H27FN2O2S/c29-25-14-8-7-13-24(25)28-16-15-23(33-18-20-9-3-1-4-10-20)17-22(28)19-34-27(31-28)30-26(32)21-11-5-2-6-12-21/h1-14,22-23H,15-19H2,(H,30,31,32). The highest BCUT2D eigenvalue weighted by Crippen LogP contribution is 2.50. The van der Waals surface area contributed by atoms with Crippen LogP contribution < -0.4 is 5.32 Å². The average molecular weight is 475 g/mol. The Labute approximate surface area is 203 Å². The molecule has 1 saturated carbocycles. The molecule has 5 rings (SSSR count). The van der Waals surface area contributed by atoms with Gasteiger partial charge in [0.2, 0.25) is 0 Å². The summed E-state index contributed by atoms with van der Waals surface area (Å²) in [4.78, 5) is 17.8. The second-order valence-electron chi connectivity index (χ2n) is 8.84. The number of aliphatic imine (C=N–C) groups is 1. The molecule has 0 saturated heterocycles. The fourth-order valence-electron chi connectivity index (χ4n) is 4.95. The summed E-state index contributed by atoms with van der Waals surface area (Å²) in [6.45, 7) is 0.569. The first kappa shape index (κ1) is 22.8. The van der Waals surface area contributed by atoms with Crippen LogP contribution in [0.1, 0.15) is 40.7 Å². The van der Waals surface area contributed by atoms with Gasteiger partial charge < -0.3 is 10.1 Å². The molecule has 1 heterocycles. The Hall–Kier alpha value is -2.96. The zero-order valence-electron chi connectivity index (χ0n) is 18.8. The van der Waals surface area contributed by atoms with Crippen LogP contribution in [0.15, 0.2) is 89.9 Å². The van der Waals surface area contributed by atoms with Crippen molar-refractivity contribution in [2.24, 2.45) is 10.9 Å². The molecule has 1 N–H and O–H groups in total. The van der Waals surface area contributed by atoms with E-state index >= 15 is 4.39 Å². The predicted octanol–water partition coefficient (Wildman–Crippen LogP) is 5.94. The second-order valence-corrected chi connectivity index (χ2v) is 9.85. The van der Waals surface area contributed by atoms with Gasteiger partial charge in [-0.05, 0) is 43.0 Å². The van der Waals surface area contributed by atoms with Gasteiger partial charge in [0.25, 0.3) is 5.91 Å². The highest BCUT2D eigenvalue weighted by Gasteiger charge is 2.49. The molecule has 3 atom stereocenters. The number of benzene rings is 3. The van der Waals surface area contributed by atoms with E-state index in [0.717, 1.165) is 24.2 Å². The van der Waals surface area contributed by atoms with E-state index in [4.69, 9.17) is 9.73 Å². The van der Waals surface area contributed by atoms with Crippen LogP contribution in [0, 0.1) is 11.7 Å². The molecule has 34 heavy (non-hydrogen) atoms. The number of amides is 1. The van der Waals surface area contributed by atoms with Crippen molar-refractivity contribution >= 4 is 22.8 Å². The summed E-state index contributed by atoms with van der Waals surface area (Å²) >= 11 is 1.53. The van der Waals surface area contributed by atoms with Crippen LogP contribution in [0.3, 0.4) is 0 Å². The summed E-state index contributed by atoms with van der Waals surface area (Å²) in [5.74, 6) is 0.406. The summed E-state index contributed by atoms with van der Waals surface area (Å²) < 4.78 is 21.3. The molecule has 3 aromatic carbocycles. The van der Waals surface area contributed by atoms with Gasteiger partial charge in [-0.15, -0.1) is 0 Å². The molecule has 1 fully saturated rings. The van der Waals surface area contributed by atoms with Crippen molar-refractivity contribution < 1.29 is 13.9 Å². The van der Waals surface area contributed by atoms with E-state index in [9.17, 15) is 4.79 Å². The van der Waals surface area contributed by atoms with Crippen LogP contribution in [-0.4, -0.2) is 22.9 Å². The van der Waals surface area contributed by atoms with Crippen molar-refractivity contribution in [3.05, 3.63) is 107 Å². The van der Waals surface area contributed by atoms with E-state index in [-0.39, 0.29) is 23.7 Å². The Morgan fingerprint density at radius 3 is 2.50 bits per heavy atom. The predicted molar refractivity (Wildman–Crippen MR) is 134 cm³/mol. The molecule has 2 aliphatic rings. The van der Waals surface area contributed by atoms with Crippen LogP contribution in [0.2, 0.25) is 0 Å². The van der Waals surface area contributed by atoms with Gasteiger partial charge in [-0.1, -0.05) is 78.5 Å². The number of nitrogens with one attached hydrogen (secondary N) is 1. The van der Waals surface area contributed by atoms with Gasteiger partial charge in [-0.3, -0.25) is 9.79 Å². The Kier molecular flexibility index (Phi) is 6.79. The minimum absolute atomic E-state index is 0.0985. The molecule has 174 valence electrons. The van der Waals surface area contributed by atoms with E-state index in [0.29, 0.717) is 29.3 Å². The summed E-state index contributed by atoms with van der Waals surface area (Å²) in [6, 6.07) is 26.1. The first-order valence-corrected chi connectivity index (χ1v) is 12.6. The van der Waals surface area contributed by atoms with E-state index < -0.39 is 5.54 Å². The minimum Gasteiger partial charge on any atom is -0.374 e. The Balaban J connectivity index is 1.38. The number of nitrogens with zero attached hydrogens (tertiary/aromatic N) is 1. The Bertz CT molecular complexity index is 1170. The van der Waals surface area contributed by atoms with E-state index in [1.165, 1.54) is 17.8 Å². The number of fused-ring (bicyclic) bond motifs is 1. The van der Waals surface area contributed by atoms with Crippen LogP contribution in [0.5, 0.6) is 0 Å². The number of amidine groups is 1. The highest BCUT2D eigenvalue weighted by molar-refractivity contribution is 8.13. The SMILES string of the molecule is O=C(NC1=NC2(c3ccccc3F)CCC(OCc3ccccc3)CC2CS1)c1ccccc1. The number of carbonyl (C=O) groups is 1. The molecular formula is C28H27FN2O2S. The quantitative estimate of drug-likeness (QED) is 0.498. The fraction of sp³-hybridized carbons (Fsp3) is 0.286. The molecular weight excluding hydrogens is 447 g/mol. The van der Waals surface area contributed by atoms with Crippen molar-refractivity contribution in [2.75, 3.05) is 5.75 Å². The fourth-order valence-corrected chi connectivity index (χ4v) is 6.11. The summed E-state index contributed by atoms with van der Waals surface area (Å²) in [6.07, 6.45) is 2.36. The molecule has 1 aliphatic carbocycles. The van der Waals surface area contributed by atoms with Crippen LogP contribution in [-0.2, 0) is 16.9 Å². The Morgan fingerprint density at radius 1 is 1.03 bits per heavy atom. The zero-order valence-corrected chi connectivity index (χ0v) is 19.6. The molecule has 0 radical (unpaired) electrons. The number of thioether (sulfide) groups is 1. The van der Waals surface area contributed by atoms with Crippen molar-refractivity contribution in [3.63, 3.8) is 0 Å². The van der Waals surface area contributed by atoms with E-state index in [1.807, 2.05) is 48.5 Å². The maximum Gasteiger partial charge on any atom is 0.257 e. The first-order chi connectivity index (χ1) is 16.6. The number of halogens is 1. The van der Waals surface area contributed by atoms with Gasteiger partial charge in [0.05, 0.1) is 18.2 Å². The molecule has 6 heteroatoms. The number of carbonyl (C=O) groups excluding carboxylic acids is 1. The summed E-state index contributed by atoms with van der Waals surface area (Å²) in [7, 11) is 0. The van der Waals surface area contributed by atoms with Gasteiger partial charge in [0.1, 0.15) is 5.82 Å². The lowest BCUT2D eigenvalue weighted by Crippen LogP contribution is -2.48.